The van der Waals surface area contributed by atoms with Crippen molar-refractivity contribution in [3.05, 3.63) is 30.1 Å². The largest absolute Gasteiger partial charge is 0.264 e. The fraction of sp³-hybridized carbons (Fsp3) is 0.286. The van der Waals surface area contributed by atoms with Crippen LogP contribution in [0.3, 0.4) is 0 Å². The Bertz CT molecular complexity index is 150. The molecule has 0 saturated carbocycles. The molecular weight excluding hydrogens is 225 g/mol. The van der Waals surface area contributed by atoms with Crippen LogP contribution in [-0.4, -0.2) is 4.98 Å². The molecule has 0 aliphatic rings. The maximum absolute atomic E-state index is 3.96. The zero-order valence-corrected chi connectivity index (χ0v) is 7.70. The lowest BCUT2D eigenvalue weighted by molar-refractivity contribution is 1.10. The normalized spacial score (nSPS) is 8.11. The first-order valence-corrected chi connectivity index (χ1v) is 2.82. The molecule has 0 amide bonds. The summed E-state index contributed by atoms with van der Waals surface area (Å²) in [5.41, 5.74) is 1.30. The quantitative estimate of drug-likeness (QED) is 0.680. The maximum Gasteiger partial charge on any atom is 0.0299 e. The van der Waals surface area contributed by atoms with Gasteiger partial charge in [-0.1, -0.05) is 13.0 Å². The second kappa shape index (κ2) is 4.73. The summed E-state index contributed by atoms with van der Waals surface area (Å²) in [6.07, 6.45) is 4.76. The lowest BCUT2D eigenvalue weighted by atomic mass is 10.2. The Balaban J connectivity index is 0.000000640. The summed E-state index contributed by atoms with van der Waals surface area (Å²) >= 11 is 0. The summed E-state index contributed by atoms with van der Waals surface area (Å²) in [4.78, 5) is 3.96. The molecule has 0 saturated heterocycles. The van der Waals surface area contributed by atoms with Gasteiger partial charge in [-0.3, -0.25) is 4.98 Å². The van der Waals surface area contributed by atoms with Gasteiger partial charge in [-0.15, -0.1) is 24.0 Å². The van der Waals surface area contributed by atoms with Gasteiger partial charge >= 0.3 is 0 Å². The average Bonchev–Trinajstić information content (AvgIpc) is 1.90. The first-order valence-electron chi connectivity index (χ1n) is 2.82. The molecule has 0 unspecified atom stereocenters. The van der Waals surface area contributed by atoms with Gasteiger partial charge in [-0.2, -0.15) is 0 Å². The van der Waals surface area contributed by atoms with E-state index in [2.05, 4.69) is 18.0 Å². The Morgan fingerprint density at radius 3 is 2.67 bits per heavy atom. The predicted octanol–water partition coefficient (Wildman–Crippen LogP) is 2.26. The van der Waals surface area contributed by atoms with Crippen molar-refractivity contribution in [1.82, 2.24) is 4.98 Å². The highest BCUT2D eigenvalue weighted by Gasteiger charge is 1.81. The van der Waals surface area contributed by atoms with E-state index in [-0.39, 0.29) is 24.0 Å². The second-order valence-electron chi connectivity index (χ2n) is 1.71. The van der Waals surface area contributed by atoms with Crippen molar-refractivity contribution in [2.75, 3.05) is 0 Å². The van der Waals surface area contributed by atoms with E-state index in [1.54, 1.807) is 6.20 Å². The van der Waals surface area contributed by atoms with Crippen molar-refractivity contribution in [2.24, 2.45) is 0 Å². The first-order chi connectivity index (χ1) is 3.93. The number of hydrogen-bond donors (Lipinski definition) is 0. The topological polar surface area (TPSA) is 12.9 Å². The SMILES string of the molecule is CCc1cccnc1.I. The Morgan fingerprint density at radius 2 is 2.33 bits per heavy atom. The molecule has 0 aliphatic carbocycles. The molecule has 1 aromatic rings. The van der Waals surface area contributed by atoms with E-state index in [4.69, 9.17) is 0 Å². The molecule has 0 atom stereocenters. The minimum atomic E-state index is 0. The van der Waals surface area contributed by atoms with Gasteiger partial charge in [0.05, 0.1) is 0 Å². The van der Waals surface area contributed by atoms with Gasteiger partial charge in [0.15, 0.2) is 0 Å². The molecule has 9 heavy (non-hydrogen) atoms. The molecule has 0 spiro atoms. The molecule has 0 fully saturated rings. The van der Waals surface area contributed by atoms with E-state index in [1.165, 1.54) is 5.56 Å². The van der Waals surface area contributed by atoms with Crippen LogP contribution in [0.4, 0.5) is 0 Å². The van der Waals surface area contributed by atoms with Crippen molar-refractivity contribution in [1.29, 1.82) is 0 Å². The van der Waals surface area contributed by atoms with Gasteiger partial charge in [-0.25, -0.2) is 0 Å². The lowest BCUT2D eigenvalue weighted by Crippen LogP contribution is -1.77. The van der Waals surface area contributed by atoms with Crippen LogP contribution in [-0.2, 0) is 6.42 Å². The summed E-state index contributed by atoms with van der Waals surface area (Å²) < 4.78 is 0. The Kier molecular flexibility index (Phi) is 4.67. The number of hydrogen-bond acceptors (Lipinski definition) is 1. The third kappa shape index (κ3) is 2.79. The summed E-state index contributed by atoms with van der Waals surface area (Å²) in [6.45, 7) is 2.12. The highest BCUT2D eigenvalue weighted by molar-refractivity contribution is 14.0. The molecule has 0 aromatic carbocycles. The third-order valence-corrected chi connectivity index (χ3v) is 1.13. The fourth-order valence-electron chi connectivity index (χ4n) is 0.607. The van der Waals surface area contributed by atoms with Crippen LogP contribution in [0.2, 0.25) is 0 Å². The summed E-state index contributed by atoms with van der Waals surface area (Å²) in [5, 5.41) is 0. The molecular formula is C7H10IN. The van der Waals surface area contributed by atoms with Gasteiger partial charge < -0.3 is 0 Å². The smallest absolute Gasteiger partial charge is 0.0299 e. The Morgan fingerprint density at radius 1 is 1.56 bits per heavy atom. The van der Waals surface area contributed by atoms with Crippen LogP contribution in [0.25, 0.3) is 0 Å². The molecule has 0 bridgehead atoms. The van der Waals surface area contributed by atoms with E-state index >= 15 is 0 Å². The number of aryl methyl sites for hydroxylation is 1. The van der Waals surface area contributed by atoms with Gasteiger partial charge in [0.1, 0.15) is 0 Å². The van der Waals surface area contributed by atoms with Crippen LogP contribution in [0.15, 0.2) is 24.5 Å². The lowest BCUT2D eigenvalue weighted by Gasteiger charge is -1.88. The van der Waals surface area contributed by atoms with E-state index < -0.39 is 0 Å². The molecule has 1 nitrogen and oxygen atoms in total. The number of nitrogens with zero attached hydrogens (tertiary/aromatic N) is 1. The van der Waals surface area contributed by atoms with Crippen molar-refractivity contribution >= 4 is 24.0 Å². The summed E-state index contributed by atoms with van der Waals surface area (Å²) in [5.74, 6) is 0. The number of rotatable bonds is 1. The molecule has 2 heteroatoms. The van der Waals surface area contributed by atoms with Crippen LogP contribution in [0, 0.1) is 0 Å². The van der Waals surface area contributed by atoms with Crippen LogP contribution in [0.1, 0.15) is 12.5 Å². The number of pyridine rings is 1. The van der Waals surface area contributed by atoms with Crippen LogP contribution < -0.4 is 0 Å². The Hall–Kier alpha value is -0.120. The minimum Gasteiger partial charge on any atom is -0.264 e. The summed E-state index contributed by atoms with van der Waals surface area (Å²) in [6, 6.07) is 4.03. The number of halogens is 1. The standard InChI is InChI=1S/C7H9N.HI/c1-2-7-4-3-5-8-6-7;/h3-6H,2H2,1H3;1H. The van der Waals surface area contributed by atoms with Crippen molar-refractivity contribution in [3.63, 3.8) is 0 Å². The van der Waals surface area contributed by atoms with E-state index in [0.29, 0.717) is 0 Å². The third-order valence-electron chi connectivity index (χ3n) is 1.13. The van der Waals surface area contributed by atoms with E-state index in [9.17, 15) is 0 Å². The second-order valence-corrected chi connectivity index (χ2v) is 1.71. The highest BCUT2D eigenvalue weighted by atomic mass is 127. The van der Waals surface area contributed by atoms with Crippen molar-refractivity contribution in [3.8, 4) is 0 Å². The van der Waals surface area contributed by atoms with Crippen LogP contribution in [0.5, 0.6) is 0 Å². The fourth-order valence-corrected chi connectivity index (χ4v) is 0.607. The molecule has 1 heterocycles. The molecule has 1 aromatic heterocycles. The zero-order chi connectivity index (χ0) is 5.82. The molecule has 1 rings (SSSR count). The van der Waals surface area contributed by atoms with Gasteiger partial charge in [0, 0.05) is 12.4 Å². The zero-order valence-electron chi connectivity index (χ0n) is 5.37. The first kappa shape index (κ1) is 8.88. The predicted molar refractivity (Wildman–Crippen MR) is 49.0 cm³/mol. The maximum atomic E-state index is 3.96. The van der Waals surface area contributed by atoms with Crippen LogP contribution >= 0.6 is 24.0 Å². The minimum absolute atomic E-state index is 0. The van der Waals surface area contributed by atoms with Gasteiger partial charge in [0.25, 0.3) is 0 Å². The highest BCUT2D eigenvalue weighted by Crippen LogP contribution is 1.93. The summed E-state index contributed by atoms with van der Waals surface area (Å²) in [7, 11) is 0. The molecule has 50 valence electrons. The van der Waals surface area contributed by atoms with E-state index in [1.807, 2.05) is 12.3 Å². The van der Waals surface area contributed by atoms with Gasteiger partial charge in [0.2, 0.25) is 0 Å². The van der Waals surface area contributed by atoms with E-state index in [0.717, 1.165) is 6.42 Å². The average molecular weight is 235 g/mol. The Labute approximate surface area is 72.5 Å². The number of aromatic nitrogens is 1. The molecule has 0 radical (unpaired) electrons. The van der Waals surface area contributed by atoms with Gasteiger partial charge in [-0.05, 0) is 18.1 Å². The molecule has 0 N–H and O–H groups in total. The monoisotopic (exact) mass is 235 g/mol. The van der Waals surface area contributed by atoms with Crippen molar-refractivity contribution in [2.45, 2.75) is 13.3 Å². The molecule has 0 aliphatic heterocycles. The van der Waals surface area contributed by atoms with Crippen molar-refractivity contribution < 1.29 is 0 Å².